The van der Waals surface area contributed by atoms with Crippen LogP contribution in [0, 0.1) is 5.92 Å². The van der Waals surface area contributed by atoms with Crippen LogP contribution in [0.4, 0.5) is 5.69 Å². The van der Waals surface area contributed by atoms with Crippen molar-refractivity contribution >= 4 is 23.5 Å². The summed E-state index contributed by atoms with van der Waals surface area (Å²) in [6, 6.07) is 7.83. The largest absolute Gasteiger partial charge is 0.478 e. The second-order valence-corrected chi connectivity index (χ2v) is 6.86. The standard InChI is InChI=1S/C20H19N3O6/c24-18(22-14-1-2-16-17(10-14)29-11-28-16)12-4-7-23(8-5-12)19(25)15-9-13(20(26)27)3-6-21-15/h1-3,6,9-10,12H,4-5,7-8,11H2,(H,22,24)(H,26,27). The molecule has 1 fully saturated rings. The summed E-state index contributed by atoms with van der Waals surface area (Å²) >= 11 is 0. The zero-order valence-electron chi connectivity index (χ0n) is 15.5. The molecule has 2 aliphatic rings. The van der Waals surface area contributed by atoms with E-state index in [4.69, 9.17) is 14.6 Å². The Balaban J connectivity index is 1.34. The average Bonchev–Trinajstić information content (AvgIpc) is 3.21. The Labute approximate surface area is 166 Å². The summed E-state index contributed by atoms with van der Waals surface area (Å²) in [6.45, 7) is 0.970. The van der Waals surface area contributed by atoms with Gasteiger partial charge in [0.15, 0.2) is 11.5 Å². The summed E-state index contributed by atoms with van der Waals surface area (Å²) in [5.41, 5.74) is 0.738. The molecule has 29 heavy (non-hydrogen) atoms. The van der Waals surface area contributed by atoms with Crippen molar-refractivity contribution in [1.82, 2.24) is 9.88 Å². The molecule has 1 aromatic carbocycles. The molecule has 2 aliphatic heterocycles. The van der Waals surface area contributed by atoms with Crippen molar-refractivity contribution in [3.63, 3.8) is 0 Å². The first kappa shape index (κ1) is 18.7. The van der Waals surface area contributed by atoms with Crippen molar-refractivity contribution < 1.29 is 29.0 Å². The number of carboxylic acid groups (broad SMARTS) is 1. The van der Waals surface area contributed by atoms with Crippen molar-refractivity contribution in [1.29, 1.82) is 0 Å². The Kier molecular flexibility index (Phi) is 5.03. The molecule has 2 aromatic rings. The normalized spacial score (nSPS) is 15.8. The number of hydrogen-bond donors (Lipinski definition) is 2. The van der Waals surface area contributed by atoms with Gasteiger partial charge in [0.1, 0.15) is 5.69 Å². The molecule has 3 heterocycles. The van der Waals surface area contributed by atoms with E-state index in [2.05, 4.69) is 10.3 Å². The minimum Gasteiger partial charge on any atom is -0.478 e. The van der Waals surface area contributed by atoms with Gasteiger partial charge in [-0.1, -0.05) is 0 Å². The van der Waals surface area contributed by atoms with Crippen molar-refractivity contribution in [2.75, 3.05) is 25.2 Å². The molecule has 0 unspecified atom stereocenters. The second kappa shape index (κ2) is 7.78. The molecule has 2 N–H and O–H groups in total. The Morgan fingerprint density at radius 3 is 2.59 bits per heavy atom. The maximum atomic E-state index is 12.6. The lowest BCUT2D eigenvalue weighted by Crippen LogP contribution is -2.41. The van der Waals surface area contributed by atoms with Crippen LogP contribution in [0.2, 0.25) is 0 Å². The molecule has 1 aromatic heterocycles. The zero-order chi connectivity index (χ0) is 20.4. The molecular weight excluding hydrogens is 378 g/mol. The number of carbonyl (C=O) groups is 3. The summed E-state index contributed by atoms with van der Waals surface area (Å²) in [6.07, 6.45) is 2.34. The van der Waals surface area contributed by atoms with Crippen LogP contribution in [0.3, 0.4) is 0 Å². The van der Waals surface area contributed by atoms with E-state index in [0.717, 1.165) is 0 Å². The number of pyridine rings is 1. The second-order valence-electron chi connectivity index (χ2n) is 6.86. The van der Waals surface area contributed by atoms with Gasteiger partial charge >= 0.3 is 5.97 Å². The van der Waals surface area contributed by atoms with Crippen LogP contribution in [-0.4, -0.2) is 52.7 Å². The van der Waals surface area contributed by atoms with E-state index in [9.17, 15) is 14.4 Å². The van der Waals surface area contributed by atoms with Crippen molar-refractivity contribution in [3.05, 3.63) is 47.8 Å². The van der Waals surface area contributed by atoms with Crippen LogP contribution in [0.1, 0.15) is 33.7 Å². The van der Waals surface area contributed by atoms with Crippen LogP contribution in [-0.2, 0) is 4.79 Å². The van der Waals surface area contributed by atoms with E-state index >= 15 is 0 Å². The number of fused-ring (bicyclic) bond motifs is 1. The van der Waals surface area contributed by atoms with E-state index < -0.39 is 5.97 Å². The van der Waals surface area contributed by atoms with Gasteiger partial charge in [-0.3, -0.25) is 14.6 Å². The fraction of sp³-hybridized carbons (Fsp3) is 0.300. The van der Waals surface area contributed by atoms with Crippen LogP contribution < -0.4 is 14.8 Å². The van der Waals surface area contributed by atoms with E-state index in [-0.39, 0.29) is 35.8 Å². The molecule has 150 valence electrons. The number of nitrogens with zero attached hydrogens (tertiary/aromatic N) is 2. The highest BCUT2D eigenvalue weighted by atomic mass is 16.7. The highest BCUT2D eigenvalue weighted by molar-refractivity contribution is 5.96. The smallest absolute Gasteiger partial charge is 0.335 e. The number of ether oxygens (including phenoxy) is 2. The van der Waals surface area contributed by atoms with Gasteiger partial charge in [0.2, 0.25) is 12.7 Å². The first-order chi connectivity index (χ1) is 14.0. The lowest BCUT2D eigenvalue weighted by molar-refractivity contribution is -0.121. The van der Waals surface area contributed by atoms with Gasteiger partial charge in [0.05, 0.1) is 5.56 Å². The molecule has 0 atom stereocenters. The third-order valence-electron chi connectivity index (χ3n) is 5.02. The summed E-state index contributed by atoms with van der Waals surface area (Å²) in [4.78, 5) is 41.8. The summed E-state index contributed by atoms with van der Waals surface area (Å²) in [5, 5.41) is 11.9. The molecule has 4 rings (SSSR count). The molecule has 9 heteroatoms. The zero-order valence-corrected chi connectivity index (χ0v) is 15.5. The molecule has 0 spiro atoms. The number of piperidine rings is 1. The fourth-order valence-corrected chi connectivity index (χ4v) is 3.41. The SMILES string of the molecule is O=C(O)c1ccnc(C(=O)N2CCC(C(=O)Nc3ccc4c(c3)OCO4)CC2)c1. The summed E-state index contributed by atoms with van der Waals surface area (Å²) in [7, 11) is 0. The minimum atomic E-state index is -1.11. The molecule has 0 aliphatic carbocycles. The Morgan fingerprint density at radius 2 is 1.83 bits per heavy atom. The number of aromatic carboxylic acids is 1. The molecular formula is C20H19N3O6. The first-order valence-electron chi connectivity index (χ1n) is 9.20. The number of amides is 2. The monoisotopic (exact) mass is 397 g/mol. The van der Waals surface area contributed by atoms with Crippen LogP contribution in [0.25, 0.3) is 0 Å². The van der Waals surface area contributed by atoms with E-state index in [1.54, 1.807) is 23.1 Å². The van der Waals surface area contributed by atoms with Gasteiger partial charge in [0, 0.05) is 37.0 Å². The number of nitrogens with one attached hydrogen (secondary N) is 1. The van der Waals surface area contributed by atoms with Crippen LogP contribution in [0.5, 0.6) is 11.5 Å². The van der Waals surface area contributed by atoms with E-state index in [1.165, 1.54) is 18.3 Å². The number of carboxylic acids is 1. The molecule has 0 saturated carbocycles. The maximum Gasteiger partial charge on any atom is 0.335 e. The third-order valence-corrected chi connectivity index (χ3v) is 5.02. The molecule has 1 saturated heterocycles. The number of rotatable bonds is 4. The van der Waals surface area contributed by atoms with Gasteiger partial charge in [-0.25, -0.2) is 4.79 Å². The van der Waals surface area contributed by atoms with Crippen molar-refractivity contribution in [3.8, 4) is 11.5 Å². The average molecular weight is 397 g/mol. The van der Waals surface area contributed by atoms with Gasteiger partial charge in [0.25, 0.3) is 5.91 Å². The summed E-state index contributed by atoms with van der Waals surface area (Å²) in [5.74, 6) is -0.525. The third kappa shape index (κ3) is 3.98. The highest BCUT2D eigenvalue weighted by Gasteiger charge is 2.29. The Hall–Kier alpha value is -3.62. The van der Waals surface area contributed by atoms with Gasteiger partial charge in [-0.2, -0.15) is 0 Å². The number of aromatic nitrogens is 1. The van der Waals surface area contributed by atoms with E-state index in [0.29, 0.717) is 43.1 Å². The van der Waals surface area contributed by atoms with Crippen molar-refractivity contribution in [2.24, 2.45) is 5.92 Å². The number of hydrogen-bond acceptors (Lipinski definition) is 6. The Bertz CT molecular complexity index is 968. The summed E-state index contributed by atoms with van der Waals surface area (Å²) < 4.78 is 10.6. The number of likely N-dealkylation sites (tertiary alicyclic amines) is 1. The van der Waals surface area contributed by atoms with Crippen molar-refractivity contribution in [2.45, 2.75) is 12.8 Å². The van der Waals surface area contributed by atoms with Crippen LogP contribution in [0.15, 0.2) is 36.5 Å². The topological polar surface area (TPSA) is 118 Å². The predicted octanol–water partition coefficient (Wildman–Crippen LogP) is 2.00. The van der Waals surface area contributed by atoms with Crippen LogP contribution >= 0.6 is 0 Å². The maximum absolute atomic E-state index is 12.6. The molecule has 2 amide bonds. The quantitative estimate of drug-likeness (QED) is 0.810. The van der Waals surface area contributed by atoms with E-state index in [1.807, 2.05) is 0 Å². The first-order valence-corrected chi connectivity index (χ1v) is 9.20. The molecule has 0 radical (unpaired) electrons. The minimum absolute atomic E-state index is 0.0151. The molecule has 9 nitrogen and oxygen atoms in total. The van der Waals surface area contributed by atoms with Gasteiger partial charge < -0.3 is 24.8 Å². The predicted molar refractivity (Wildman–Crippen MR) is 101 cm³/mol. The highest BCUT2D eigenvalue weighted by Crippen LogP contribution is 2.34. The molecule has 0 bridgehead atoms. The number of benzene rings is 1. The Morgan fingerprint density at radius 1 is 1.07 bits per heavy atom. The number of carbonyl (C=O) groups excluding carboxylic acids is 2. The lowest BCUT2D eigenvalue weighted by atomic mass is 9.95. The van der Waals surface area contributed by atoms with Gasteiger partial charge in [-0.05, 0) is 37.1 Å². The number of anilines is 1. The van der Waals surface area contributed by atoms with Gasteiger partial charge in [-0.15, -0.1) is 0 Å². The lowest BCUT2D eigenvalue weighted by Gasteiger charge is -2.31. The fourth-order valence-electron chi connectivity index (χ4n) is 3.41.